The van der Waals surface area contributed by atoms with Crippen LogP contribution in [0.1, 0.15) is 23.5 Å². The predicted octanol–water partition coefficient (Wildman–Crippen LogP) is 4.38. The predicted molar refractivity (Wildman–Crippen MR) is 107 cm³/mol. The van der Waals surface area contributed by atoms with E-state index in [2.05, 4.69) is 10.6 Å². The van der Waals surface area contributed by atoms with Gasteiger partial charge in [-0.3, -0.25) is 9.59 Å². The van der Waals surface area contributed by atoms with Crippen molar-refractivity contribution in [3.8, 4) is 0 Å². The topological polar surface area (TPSA) is 58.2 Å². The SMILES string of the molecule is O=C(CC(c1ccccc1)c1ccccc1)NCC(=O)Nc1ccc(F)c(F)c1F. The van der Waals surface area contributed by atoms with Gasteiger partial charge in [0.15, 0.2) is 17.5 Å². The molecule has 2 N–H and O–H groups in total. The Morgan fingerprint density at radius 1 is 0.733 bits per heavy atom. The average Bonchev–Trinajstić information content (AvgIpc) is 2.77. The van der Waals surface area contributed by atoms with E-state index >= 15 is 0 Å². The number of hydrogen-bond donors (Lipinski definition) is 2. The van der Waals surface area contributed by atoms with Crippen LogP contribution in [0, 0.1) is 17.5 Å². The van der Waals surface area contributed by atoms with Crippen LogP contribution in [0.15, 0.2) is 72.8 Å². The van der Waals surface area contributed by atoms with Gasteiger partial charge in [0, 0.05) is 12.3 Å². The molecule has 7 heteroatoms. The summed E-state index contributed by atoms with van der Waals surface area (Å²) in [6, 6.07) is 20.6. The number of hydrogen-bond acceptors (Lipinski definition) is 2. The van der Waals surface area contributed by atoms with Gasteiger partial charge in [0.1, 0.15) is 0 Å². The molecule has 2 amide bonds. The molecule has 30 heavy (non-hydrogen) atoms. The van der Waals surface area contributed by atoms with Crippen molar-refractivity contribution in [2.24, 2.45) is 0 Å². The molecule has 3 rings (SSSR count). The van der Waals surface area contributed by atoms with Crippen LogP contribution >= 0.6 is 0 Å². The molecule has 154 valence electrons. The number of amides is 2. The van der Waals surface area contributed by atoms with Gasteiger partial charge in [-0.15, -0.1) is 0 Å². The minimum Gasteiger partial charge on any atom is -0.347 e. The van der Waals surface area contributed by atoms with Gasteiger partial charge in [-0.05, 0) is 23.3 Å². The highest BCUT2D eigenvalue weighted by Gasteiger charge is 2.19. The fourth-order valence-corrected chi connectivity index (χ4v) is 3.05. The molecule has 0 unspecified atom stereocenters. The molecule has 0 bridgehead atoms. The summed E-state index contributed by atoms with van der Waals surface area (Å²) in [4.78, 5) is 24.4. The van der Waals surface area contributed by atoms with Gasteiger partial charge in [0.2, 0.25) is 11.8 Å². The lowest BCUT2D eigenvalue weighted by atomic mass is 9.88. The third kappa shape index (κ3) is 5.26. The van der Waals surface area contributed by atoms with E-state index in [4.69, 9.17) is 0 Å². The van der Waals surface area contributed by atoms with E-state index in [1.54, 1.807) is 0 Å². The number of nitrogens with one attached hydrogen (secondary N) is 2. The average molecular weight is 412 g/mol. The number of carbonyl (C=O) groups is 2. The number of benzene rings is 3. The van der Waals surface area contributed by atoms with Crippen molar-refractivity contribution >= 4 is 17.5 Å². The van der Waals surface area contributed by atoms with Crippen LogP contribution in [0.4, 0.5) is 18.9 Å². The standard InChI is InChI=1S/C23H19F3N2O2/c24-18-11-12-19(23(26)22(18)25)28-21(30)14-27-20(29)13-17(15-7-3-1-4-8-15)16-9-5-2-6-10-16/h1-12,17H,13-14H2,(H,27,29)(H,28,30). The highest BCUT2D eigenvalue weighted by atomic mass is 19.2. The zero-order chi connectivity index (χ0) is 21.5. The summed E-state index contributed by atoms with van der Waals surface area (Å²) in [5, 5.41) is 4.59. The van der Waals surface area contributed by atoms with Crippen molar-refractivity contribution in [2.75, 3.05) is 11.9 Å². The molecule has 0 atom stereocenters. The molecule has 0 aliphatic carbocycles. The lowest BCUT2D eigenvalue weighted by Gasteiger charge is -2.18. The molecule has 0 saturated carbocycles. The fourth-order valence-electron chi connectivity index (χ4n) is 3.05. The molecule has 0 heterocycles. The molecule has 0 aliphatic rings. The minimum atomic E-state index is -1.68. The maximum atomic E-state index is 13.7. The van der Waals surface area contributed by atoms with Gasteiger partial charge in [-0.25, -0.2) is 13.2 Å². The Labute approximate surface area is 171 Å². The summed E-state index contributed by atoms with van der Waals surface area (Å²) in [7, 11) is 0. The fraction of sp³-hybridized carbons (Fsp3) is 0.130. The van der Waals surface area contributed by atoms with Gasteiger partial charge < -0.3 is 10.6 Å². The highest BCUT2D eigenvalue weighted by Crippen LogP contribution is 2.27. The number of anilines is 1. The molecule has 0 aromatic heterocycles. The number of carbonyl (C=O) groups excluding carboxylic acids is 2. The molecule has 3 aromatic rings. The maximum absolute atomic E-state index is 13.7. The quantitative estimate of drug-likeness (QED) is 0.566. The van der Waals surface area contributed by atoms with E-state index in [0.29, 0.717) is 6.07 Å². The second kappa shape index (κ2) is 9.73. The van der Waals surface area contributed by atoms with Crippen molar-refractivity contribution in [3.05, 3.63) is 101 Å². The summed E-state index contributed by atoms with van der Waals surface area (Å²) in [5.41, 5.74) is 1.40. The Bertz CT molecular complexity index is 988. The van der Waals surface area contributed by atoms with E-state index in [0.717, 1.165) is 17.2 Å². The van der Waals surface area contributed by atoms with Gasteiger partial charge in [-0.2, -0.15) is 0 Å². The van der Waals surface area contributed by atoms with Gasteiger partial charge in [-0.1, -0.05) is 60.7 Å². The van der Waals surface area contributed by atoms with Crippen LogP contribution in [-0.2, 0) is 9.59 Å². The molecular weight excluding hydrogens is 393 g/mol. The third-order valence-electron chi connectivity index (χ3n) is 4.55. The first-order valence-electron chi connectivity index (χ1n) is 9.25. The van der Waals surface area contributed by atoms with Crippen LogP contribution in [0.3, 0.4) is 0 Å². The van der Waals surface area contributed by atoms with Crippen LogP contribution in [0.5, 0.6) is 0 Å². The van der Waals surface area contributed by atoms with Crippen molar-refractivity contribution < 1.29 is 22.8 Å². The van der Waals surface area contributed by atoms with Gasteiger partial charge >= 0.3 is 0 Å². The number of rotatable bonds is 7. The molecule has 0 fully saturated rings. The van der Waals surface area contributed by atoms with E-state index in [9.17, 15) is 22.8 Å². The largest absolute Gasteiger partial charge is 0.347 e. The summed E-state index contributed by atoms with van der Waals surface area (Å²) >= 11 is 0. The number of halogens is 3. The molecule has 4 nitrogen and oxygen atoms in total. The smallest absolute Gasteiger partial charge is 0.243 e. The summed E-state index contributed by atoms with van der Waals surface area (Å²) in [5.74, 6) is -5.88. The van der Waals surface area contributed by atoms with E-state index < -0.39 is 35.6 Å². The lowest BCUT2D eigenvalue weighted by molar-refractivity contribution is -0.124. The maximum Gasteiger partial charge on any atom is 0.243 e. The highest BCUT2D eigenvalue weighted by molar-refractivity contribution is 5.94. The van der Waals surface area contributed by atoms with E-state index in [1.807, 2.05) is 60.7 Å². The molecular formula is C23H19F3N2O2. The van der Waals surface area contributed by atoms with Gasteiger partial charge in [0.05, 0.1) is 12.2 Å². The van der Waals surface area contributed by atoms with Crippen molar-refractivity contribution in [2.45, 2.75) is 12.3 Å². The first-order valence-corrected chi connectivity index (χ1v) is 9.25. The monoisotopic (exact) mass is 412 g/mol. The Morgan fingerprint density at radius 3 is 1.87 bits per heavy atom. The van der Waals surface area contributed by atoms with Crippen LogP contribution in [0.2, 0.25) is 0 Å². The molecule has 3 aromatic carbocycles. The van der Waals surface area contributed by atoms with Crippen LogP contribution in [0.25, 0.3) is 0 Å². The van der Waals surface area contributed by atoms with Crippen molar-refractivity contribution in [1.29, 1.82) is 0 Å². The van der Waals surface area contributed by atoms with Crippen molar-refractivity contribution in [3.63, 3.8) is 0 Å². The second-order valence-electron chi connectivity index (χ2n) is 6.63. The first-order chi connectivity index (χ1) is 14.5. The van der Waals surface area contributed by atoms with Gasteiger partial charge in [0.25, 0.3) is 0 Å². The zero-order valence-corrected chi connectivity index (χ0v) is 15.9. The Kier molecular flexibility index (Phi) is 6.85. The summed E-state index contributed by atoms with van der Waals surface area (Å²) in [6.45, 7) is -0.437. The summed E-state index contributed by atoms with van der Waals surface area (Å²) < 4.78 is 39.9. The molecule has 0 aliphatic heterocycles. The zero-order valence-electron chi connectivity index (χ0n) is 15.9. The lowest BCUT2D eigenvalue weighted by Crippen LogP contribution is -2.34. The van der Waals surface area contributed by atoms with E-state index in [1.165, 1.54) is 0 Å². The Morgan fingerprint density at radius 2 is 1.30 bits per heavy atom. The van der Waals surface area contributed by atoms with Crippen LogP contribution < -0.4 is 10.6 Å². The molecule has 0 spiro atoms. The first kappa shape index (κ1) is 21.1. The van der Waals surface area contributed by atoms with Crippen LogP contribution in [-0.4, -0.2) is 18.4 Å². The Balaban J connectivity index is 1.62. The third-order valence-corrected chi connectivity index (χ3v) is 4.55. The van der Waals surface area contributed by atoms with E-state index in [-0.39, 0.29) is 18.2 Å². The molecule has 0 saturated heterocycles. The molecule has 0 radical (unpaired) electrons. The normalized spacial score (nSPS) is 10.7. The second-order valence-corrected chi connectivity index (χ2v) is 6.63. The minimum absolute atomic E-state index is 0.0981. The summed E-state index contributed by atoms with van der Waals surface area (Å²) in [6.07, 6.45) is 0.0981. The Hall–Kier alpha value is -3.61. The van der Waals surface area contributed by atoms with Crippen molar-refractivity contribution in [1.82, 2.24) is 5.32 Å².